The molecule has 0 aliphatic carbocycles. The van der Waals surface area contributed by atoms with Gasteiger partial charge in [-0.2, -0.15) is 0 Å². The zero-order valence-corrected chi connectivity index (χ0v) is 11.6. The summed E-state index contributed by atoms with van der Waals surface area (Å²) in [7, 11) is 0. The van der Waals surface area contributed by atoms with E-state index in [0.29, 0.717) is 6.10 Å². The van der Waals surface area contributed by atoms with Gasteiger partial charge in [-0.25, -0.2) is 0 Å². The van der Waals surface area contributed by atoms with Gasteiger partial charge in [0.25, 0.3) is 0 Å². The highest BCUT2D eigenvalue weighted by molar-refractivity contribution is 4.85. The summed E-state index contributed by atoms with van der Waals surface area (Å²) in [5, 5.41) is 3.68. The van der Waals surface area contributed by atoms with Crippen molar-refractivity contribution < 1.29 is 4.74 Å². The first-order valence-electron chi connectivity index (χ1n) is 7.99. The summed E-state index contributed by atoms with van der Waals surface area (Å²) in [4.78, 5) is 2.66. The van der Waals surface area contributed by atoms with Crippen molar-refractivity contribution >= 4 is 0 Å². The van der Waals surface area contributed by atoms with Gasteiger partial charge >= 0.3 is 0 Å². The van der Waals surface area contributed by atoms with E-state index < -0.39 is 0 Å². The van der Waals surface area contributed by atoms with Crippen LogP contribution in [0.3, 0.4) is 0 Å². The van der Waals surface area contributed by atoms with E-state index in [-0.39, 0.29) is 0 Å². The molecule has 3 nitrogen and oxygen atoms in total. The van der Waals surface area contributed by atoms with Crippen molar-refractivity contribution in [3.8, 4) is 0 Å². The summed E-state index contributed by atoms with van der Waals surface area (Å²) in [5.74, 6) is 0.950. The molecule has 0 aromatic heterocycles. The summed E-state index contributed by atoms with van der Waals surface area (Å²) >= 11 is 0. The number of hydrogen-bond acceptors (Lipinski definition) is 3. The first-order chi connectivity index (χ1) is 8.92. The van der Waals surface area contributed by atoms with Crippen LogP contribution in [0.5, 0.6) is 0 Å². The van der Waals surface area contributed by atoms with Gasteiger partial charge in [0.2, 0.25) is 0 Å². The molecule has 1 N–H and O–H groups in total. The lowest BCUT2D eigenvalue weighted by molar-refractivity contribution is 0.0830. The van der Waals surface area contributed by atoms with E-state index in [0.717, 1.165) is 18.6 Å². The molecule has 0 aromatic carbocycles. The lowest BCUT2D eigenvalue weighted by Crippen LogP contribution is -2.41. The number of nitrogens with zero attached hydrogens (tertiary/aromatic N) is 1. The number of nitrogens with one attached hydrogen (secondary N) is 1. The van der Waals surface area contributed by atoms with E-state index in [1.807, 2.05) is 0 Å². The second-order valence-electron chi connectivity index (χ2n) is 6.31. The number of likely N-dealkylation sites (tertiary alicyclic amines) is 1. The number of hydrogen-bond donors (Lipinski definition) is 1. The van der Waals surface area contributed by atoms with Gasteiger partial charge in [0, 0.05) is 19.2 Å². The molecule has 18 heavy (non-hydrogen) atoms. The molecule has 0 amide bonds. The predicted octanol–water partition coefficient (Wildman–Crippen LogP) is 2.02. The molecule has 3 aliphatic rings. The molecule has 2 unspecified atom stereocenters. The second kappa shape index (κ2) is 6.36. The maximum Gasteiger partial charge on any atom is 0.0588 e. The maximum atomic E-state index is 5.71. The Morgan fingerprint density at radius 2 is 1.94 bits per heavy atom. The highest BCUT2D eigenvalue weighted by Gasteiger charge is 2.28. The van der Waals surface area contributed by atoms with Gasteiger partial charge in [-0.1, -0.05) is 0 Å². The summed E-state index contributed by atoms with van der Waals surface area (Å²) < 4.78 is 5.71. The molecule has 3 fully saturated rings. The van der Waals surface area contributed by atoms with Gasteiger partial charge in [-0.3, -0.25) is 0 Å². The molecule has 104 valence electrons. The molecule has 0 bridgehead atoms. The van der Waals surface area contributed by atoms with Crippen molar-refractivity contribution in [2.75, 3.05) is 32.8 Å². The Balaban J connectivity index is 1.34. The van der Waals surface area contributed by atoms with E-state index in [9.17, 15) is 0 Å². The summed E-state index contributed by atoms with van der Waals surface area (Å²) in [5.41, 5.74) is 0. The third kappa shape index (κ3) is 3.25. The highest BCUT2D eigenvalue weighted by Crippen LogP contribution is 2.26. The van der Waals surface area contributed by atoms with Gasteiger partial charge < -0.3 is 15.0 Å². The molecule has 3 saturated heterocycles. The molecule has 3 aliphatic heterocycles. The van der Waals surface area contributed by atoms with Crippen molar-refractivity contribution in [2.45, 2.75) is 57.1 Å². The second-order valence-corrected chi connectivity index (χ2v) is 6.31. The summed E-state index contributed by atoms with van der Waals surface area (Å²) in [6.45, 7) is 6.14. The van der Waals surface area contributed by atoms with E-state index in [2.05, 4.69) is 10.2 Å². The molecule has 3 rings (SSSR count). The Morgan fingerprint density at radius 1 is 1.06 bits per heavy atom. The zero-order valence-electron chi connectivity index (χ0n) is 11.6. The molecule has 3 heterocycles. The van der Waals surface area contributed by atoms with Gasteiger partial charge in [-0.15, -0.1) is 0 Å². The van der Waals surface area contributed by atoms with Crippen LogP contribution >= 0.6 is 0 Å². The number of rotatable bonds is 4. The fraction of sp³-hybridized carbons (Fsp3) is 1.00. The van der Waals surface area contributed by atoms with Crippen LogP contribution in [0.25, 0.3) is 0 Å². The minimum absolute atomic E-state index is 0.569. The largest absolute Gasteiger partial charge is 0.378 e. The van der Waals surface area contributed by atoms with Crippen LogP contribution in [0, 0.1) is 5.92 Å². The summed E-state index contributed by atoms with van der Waals surface area (Å²) in [6, 6.07) is 0.838. The topological polar surface area (TPSA) is 24.5 Å². The van der Waals surface area contributed by atoms with Crippen LogP contribution in [0.4, 0.5) is 0 Å². The lowest BCUT2D eigenvalue weighted by atomic mass is 9.88. The van der Waals surface area contributed by atoms with Crippen molar-refractivity contribution in [3.63, 3.8) is 0 Å². The highest BCUT2D eigenvalue weighted by atomic mass is 16.5. The normalized spacial score (nSPS) is 35.3. The van der Waals surface area contributed by atoms with Gasteiger partial charge in [-0.05, 0) is 70.5 Å². The molecular weight excluding hydrogens is 224 g/mol. The van der Waals surface area contributed by atoms with Gasteiger partial charge in [0.1, 0.15) is 0 Å². The fourth-order valence-electron chi connectivity index (χ4n) is 3.89. The van der Waals surface area contributed by atoms with Crippen LogP contribution in [-0.2, 0) is 4.74 Å². The predicted molar refractivity (Wildman–Crippen MR) is 73.8 cm³/mol. The van der Waals surface area contributed by atoms with E-state index in [4.69, 9.17) is 4.74 Å². The first-order valence-corrected chi connectivity index (χ1v) is 7.99. The number of ether oxygens (including phenoxy) is 1. The molecular formula is C15H28N2O. The van der Waals surface area contributed by atoms with E-state index in [1.54, 1.807) is 0 Å². The Hall–Kier alpha value is -0.120. The van der Waals surface area contributed by atoms with Crippen molar-refractivity contribution in [2.24, 2.45) is 5.92 Å². The zero-order chi connectivity index (χ0) is 12.2. The lowest BCUT2D eigenvalue weighted by Gasteiger charge is -2.35. The molecule has 3 heteroatoms. The SMILES string of the molecule is C1COC(CCN2CCC(C3CCCN3)CC2)C1. The Morgan fingerprint density at radius 3 is 2.61 bits per heavy atom. The van der Waals surface area contributed by atoms with Gasteiger partial charge in [0.15, 0.2) is 0 Å². The monoisotopic (exact) mass is 252 g/mol. The third-order valence-electron chi connectivity index (χ3n) is 5.09. The molecule has 0 aromatic rings. The van der Waals surface area contributed by atoms with Crippen LogP contribution < -0.4 is 5.32 Å². The maximum absolute atomic E-state index is 5.71. The number of piperidine rings is 1. The summed E-state index contributed by atoms with van der Waals surface area (Å²) in [6.07, 6.45) is 10.0. The Bertz CT molecular complexity index is 239. The van der Waals surface area contributed by atoms with Crippen LogP contribution in [-0.4, -0.2) is 49.8 Å². The van der Waals surface area contributed by atoms with Crippen molar-refractivity contribution in [1.29, 1.82) is 0 Å². The van der Waals surface area contributed by atoms with Crippen molar-refractivity contribution in [1.82, 2.24) is 10.2 Å². The third-order valence-corrected chi connectivity index (χ3v) is 5.09. The van der Waals surface area contributed by atoms with Crippen LogP contribution in [0.1, 0.15) is 44.9 Å². The van der Waals surface area contributed by atoms with Crippen molar-refractivity contribution in [3.05, 3.63) is 0 Å². The smallest absolute Gasteiger partial charge is 0.0588 e. The van der Waals surface area contributed by atoms with Crippen LogP contribution in [0.15, 0.2) is 0 Å². The first kappa shape index (κ1) is 12.9. The molecule has 0 radical (unpaired) electrons. The average Bonchev–Trinajstić information content (AvgIpc) is 3.10. The standard InChI is InChI=1S/C15H28N2O/c1-4-15(16-8-1)13-5-9-17(10-6-13)11-7-14-3-2-12-18-14/h13-16H,1-12H2. The molecule has 0 saturated carbocycles. The van der Waals surface area contributed by atoms with E-state index in [1.165, 1.54) is 71.1 Å². The van der Waals surface area contributed by atoms with Gasteiger partial charge in [0.05, 0.1) is 6.10 Å². The quantitative estimate of drug-likeness (QED) is 0.828. The molecule has 0 spiro atoms. The Kier molecular flexibility index (Phi) is 4.55. The van der Waals surface area contributed by atoms with Crippen LogP contribution in [0.2, 0.25) is 0 Å². The minimum atomic E-state index is 0.569. The van der Waals surface area contributed by atoms with E-state index >= 15 is 0 Å². The Labute approximate surface area is 111 Å². The average molecular weight is 252 g/mol. The minimum Gasteiger partial charge on any atom is -0.378 e. The molecule has 2 atom stereocenters. The fourth-order valence-corrected chi connectivity index (χ4v) is 3.89.